The van der Waals surface area contributed by atoms with Crippen LogP contribution in [-0.2, 0) is 0 Å². The number of hydrogen-bond donors (Lipinski definition) is 0. The van der Waals surface area contributed by atoms with E-state index in [9.17, 15) is 0 Å². The predicted octanol–water partition coefficient (Wildman–Crippen LogP) is 4.05. The average molecular weight is 315 g/mol. The van der Waals surface area contributed by atoms with Gasteiger partial charge in [-0.25, -0.2) is 0 Å². The number of rotatable bonds is 7. The predicted molar refractivity (Wildman–Crippen MR) is 97.7 cm³/mol. The molecule has 0 N–H and O–H groups in total. The third-order valence-corrected chi connectivity index (χ3v) is 7.51. The second-order valence-electron chi connectivity index (χ2n) is 7.56. The largest absolute Gasteiger partial charge is 0.328 e. The minimum absolute atomic E-state index is 0.990. The highest BCUT2D eigenvalue weighted by atomic mass is 28.3. The molecule has 0 unspecified atom stereocenters. The van der Waals surface area contributed by atoms with Gasteiger partial charge in [-0.1, -0.05) is 39.3 Å². The van der Waals surface area contributed by atoms with Crippen molar-refractivity contribution in [2.75, 3.05) is 14.1 Å². The van der Waals surface area contributed by atoms with Crippen LogP contribution in [0.2, 0.25) is 39.3 Å². The topological polar surface area (TPSA) is 31.2 Å². The van der Waals surface area contributed by atoms with Crippen LogP contribution < -0.4 is 0 Å². The Hall–Kier alpha value is -0.626. The third kappa shape index (κ3) is 7.84. The molecule has 0 aromatic carbocycles. The molecule has 0 saturated carbocycles. The summed E-state index contributed by atoms with van der Waals surface area (Å²) in [6, 6.07) is 0. The molecule has 0 spiro atoms. The summed E-state index contributed by atoms with van der Waals surface area (Å²) in [7, 11) is 1.55. The summed E-state index contributed by atoms with van der Waals surface area (Å²) in [5.41, 5.74) is 2.39. The Balaban J connectivity index is 4.49. The Morgan fingerprint density at radius 2 is 0.950 bits per heavy atom. The van der Waals surface area contributed by atoms with Gasteiger partial charge in [0.15, 0.2) is 16.5 Å². The van der Waals surface area contributed by atoms with Crippen LogP contribution in [0.5, 0.6) is 0 Å². The van der Waals surface area contributed by atoms with Gasteiger partial charge in [0.1, 0.15) is 0 Å². The first kappa shape index (κ1) is 19.4. The van der Waals surface area contributed by atoms with Crippen LogP contribution in [0.15, 0.2) is 10.2 Å². The summed E-state index contributed by atoms with van der Waals surface area (Å²) in [6.07, 6.45) is 1.98. The third-order valence-electron chi connectivity index (χ3n) is 3.43. The van der Waals surface area contributed by atoms with Crippen molar-refractivity contribution in [1.29, 1.82) is 0 Å². The van der Waals surface area contributed by atoms with Crippen molar-refractivity contribution in [2.45, 2.75) is 66.0 Å². The maximum absolute atomic E-state index is 4.70. The molecular weight excluding hydrogens is 280 g/mol. The Kier molecular flexibility index (Phi) is 7.17. The van der Waals surface area contributed by atoms with Gasteiger partial charge in [-0.2, -0.15) is 10.2 Å². The first-order valence-corrected chi connectivity index (χ1v) is 14.3. The van der Waals surface area contributed by atoms with Gasteiger partial charge in [-0.3, -0.25) is 0 Å². The van der Waals surface area contributed by atoms with Crippen molar-refractivity contribution in [3.05, 3.63) is 0 Å². The van der Waals surface area contributed by atoms with E-state index in [0.717, 1.165) is 12.8 Å². The first-order valence-electron chi connectivity index (χ1n) is 7.40. The smallest absolute Gasteiger partial charge is 0.168 e. The normalized spacial score (nSPS) is 14.5. The van der Waals surface area contributed by atoms with Gasteiger partial charge in [0, 0.05) is 25.5 Å². The minimum atomic E-state index is -1.32. The molecule has 0 aromatic rings. The zero-order chi connectivity index (χ0) is 16.1. The Morgan fingerprint density at radius 3 is 1.15 bits per heavy atom. The van der Waals surface area contributed by atoms with Crippen LogP contribution in [-0.4, -0.2) is 51.3 Å². The van der Waals surface area contributed by atoms with Crippen molar-refractivity contribution < 1.29 is 0 Å². The monoisotopic (exact) mass is 314 g/mol. The molecule has 0 aliphatic rings. The second kappa shape index (κ2) is 7.40. The molecule has 0 saturated heterocycles. The zero-order valence-electron chi connectivity index (χ0n) is 15.2. The van der Waals surface area contributed by atoms with Gasteiger partial charge in [0.25, 0.3) is 0 Å². The molecular formula is C14H34N4Si2. The molecule has 4 nitrogen and oxygen atoms in total. The number of hydrazone groups is 2. The molecule has 118 valence electrons. The molecule has 0 fully saturated rings. The van der Waals surface area contributed by atoms with Gasteiger partial charge in [0.2, 0.25) is 0 Å². The summed E-state index contributed by atoms with van der Waals surface area (Å²) in [5, 5.41) is 9.40. The SMILES string of the molecule is C/C(CC/C(C)=N/N(C)[Si](C)(C)C)=N\N(C)[Si](C)(C)C. The molecule has 0 amide bonds. The van der Waals surface area contributed by atoms with Gasteiger partial charge >= 0.3 is 0 Å². The zero-order valence-corrected chi connectivity index (χ0v) is 17.2. The highest BCUT2D eigenvalue weighted by Crippen LogP contribution is 2.10. The molecule has 0 heterocycles. The minimum Gasteiger partial charge on any atom is -0.328 e. The van der Waals surface area contributed by atoms with Crippen LogP contribution in [0.1, 0.15) is 26.7 Å². The average Bonchev–Trinajstić information content (AvgIpc) is 2.23. The van der Waals surface area contributed by atoms with Crippen molar-refractivity contribution in [2.24, 2.45) is 10.2 Å². The fourth-order valence-corrected chi connectivity index (χ4v) is 2.22. The quantitative estimate of drug-likeness (QED) is 0.403. The van der Waals surface area contributed by atoms with Gasteiger partial charge < -0.3 is 9.35 Å². The van der Waals surface area contributed by atoms with Crippen molar-refractivity contribution in [3.8, 4) is 0 Å². The lowest BCUT2D eigenvalue weighted by Gasteiger charge is -2.28. The maximum Gasteiger partial charge on any atom is 0.168 e. The number of nitrogens with zero attached hydrogens (tertiary/aromatic N) is 4. The van der Waals surface area contributed by atoms with Crippen LogP contribution in [0, 0.1) is 0 Å². The van der Waals surface area contributed by atoms with Crippen molar-refractivity contribution in [1.82, 2.24) is 9.35 Å². The van der Waals surface area contributed by atoms with E-state index in [4.69, 9.17) is 10.2 Å². The van der Waals surface area contributed by atoms with E-state index < -0.39 is 16.5 Å². The molecule has 6 heteroatoms. The van der Waals surface area contributed by atoms with Gasteiger partial charge in [-0.05, 0) is 26.7 Å². The lowest BCUT2D eigenvalue weighted by atomic mass is 10.2. The first-order chi connectivity index (χ1) is 8.84. The lowest BCUT2D eigenvalue weighted by Crippen LogP contribution is -2.40. The summed E-state index contributed by atoms with van der Waals surface area (Å²) >= 11 is 0. The second-order valence-corrected chi connectivity index (χ2v) is 17.5. The Morgan fingerprint density at radius 1 is 0.700 bits per heavy atom. The number of hydrogen-bond acceptors (Lipinski definition) is 4. The molecule has 0 rings (SSSR count). The molecule has 0 aliphatic carbocycles. The van der Waals surface area contributed by atoms with Crippen LogP contribution >= 0.6 is 0 Å². The van der Waals surface area contributed by atoms with Crippen LogP contribution in [0.3, 0.4) is 0 Å². The maximum atomic E-state index is 4.70. The van der Waals surface area contributed by atoms with Crippen molar-refractivity contribution in [3.63, 3.8) is 0 Å². The molecule has 0 atom stereocenters. The fraction of sp³-hybridized carbons (Fsp3) is 0.857. The van der Waals surface area contributed by atoms with Crippen molar-refractivity contribution >= 4 is 27.9 Å². The van der Waals surface area contributed by atoms with E-state index in [0.29, 0.717) is 0 Å². The summed E-state index contributed by atoms with van der Waals surface area (Å²) in [5.74, 6) is 0. The standard InChI is InChI=1S/C14H34N4Si2/c1-13(15-17(3)19(5,6)7)11-12-14(2)16-18(4)20(8,9)10/h11-12H2,1-10H3/b15-13+,16-14+. The van der Waals surface area contributed by atoms with E-state index in [1.165, 1.54) is 11.4 Å². The molecule has 0 bridgehead atoms. The summed E-state index contributed by atoms with van der Waals surface area (Å²) < 4.78 is 4.34. The fourth-order valence-electron chi connectivity index (χ4n) is 1.27. The van der Waals surface area contributed by atoms with Gasteiger partial charge in [-0.15, -0.1) is 0 Å². The van der Waals surface area contributed by atoms with Gasteiger partial charge in [0.05, 0.1) is 0 Å². The van der Waals surface area contributed by atoms with E-state index in [1.807, 2.05) is 0 Å². The summed E-state index contributed by atoms with van der Waals surface area (Å²) in [4.78, 5) is 0. The highest BCUT2D eigenvalue weighted by molar-refractivity contribution is 6.73. The highest BCUT2D eigenvalue weighted by Gasteiger charge is 2.20. The summed E-state index contributed by atoms with van der Waals surface area (Å²) in [6.45, 7) is 18.1. The molecule has 0 radical (unpaired) electrons. The molecule has 0 aromatic heterocycles. The van der Waals surface area contributed by atoms with Crippen LogP contribution in [0.25, 0.3) is 0 Å². The van der Waals surface area contributed by atoms with E-state index in [-0.39, 0.29) is 0 Å². The van der Waals surface area contributed by atoms with E-state index in [1.54, 1.807) is 0 Å². The van der Waals surface area contributed by atoms with Crippen LogP contribution in [0.4, 0.5) is 0 Å². The Labute approximate surface area is 128 Å². The van der Waals surface area contributed by atoms with E-state index >= 15 is 0 Å². The molecule has 20 heavy (non-hydrogen) atoms. The van der Waals surface area contributed by atoms with E-state index in [2.05, 4.69) is 76.6 Å². The molecule has 0 aliphatic heterocycles. The lowest BCUT2D eigenvalue weighted by molar-refractivity contribution is 0.542. The Bertz CT molecular complexity index is 328.